The van der Waals surface area contributed by atoms with Gasteiger partial charge in [-0.25, -0.2) is 0 Å². The summed E-state index contributed by atoms with van der Waals surface area (Å²) >= 11 is 0. The van der Waals surface area contributed by atoms with E-state index in [2.05, 4.69) is 44.1 Å². The maximum atomic E-state index is 9.82. The molecule has 29 heavy (non-hydrogen) atoms. The Labute approximate surface area is 170 Å². The van der Waals surface area contributed by atoms with Gasteiger partial charge in [0.05, 0.1) is 5.70 Å². The summed E-state index contributed by atoms with van der Waals surface area (Å²) in [6, 6.07) is 20.7. The first kappa shape index (κ1) is 18.9. The summed E-state index contributed by atoms with van der Waals surface area (Å²) in [7, 11) is 0. The number of phenols is 2. The van der Waals surface area contributed by atoms with Crippen molar-refractivity contribution < 1.29 is 10.2 Å². The maximum absolute atomic E-state index is 9.82. The third-order valence-electron chi connectivity index (χ3n) is 5.73. The van der Waals surface area contributed by atoms with E-state index in [-0.39, 0.29) is 11.5 Å². The monoisotopic (exact) mass is 384 g/mol. The SMILES string of the molecule is CCC1=C(c2ccc(O)cc2)N=NC1(c1ccc(O)cc1)c1ccc(C)c(C)c1. The number of phenolic OH excluding ortho intramolecular Hbond substituents is 2. The van der Waals surface area contributed by atoms with Crippen LogP contribution in [0.2, 0.25) is 0 Å². The Balaban J connectivity index is 2.00. The summed E-state index contributed by atoms with van der Waals surface area (Å²) in [5.41, 5.74) is 6.56. The fourth-order valence-electron chi connectivity index (χ4n) is 3.99. The molecule has 0 saturated carbocycles. The molecule has 3 aromatic rings. The van der Waals surface area contributed by atoms with Crippen molar-refractivity contribution >= 4 is 5.70 Å². The zero-order valence-electron chi connectivity index (χ0n) is 16.8. The fourth-order valence-corrected chi connectivity index (χ4v) is 3.99. The average Bonchev–Trinajstić information content (AvgIpc) is 3.11. The number of nitrogens with zero attached hydrogens (tertiary/aromatic N) is 2. The van der Waals surface area contributed by atoms with Gasteiger partial charge in [0.25, 0.3) is 0 Å². The number of hydrogen-bond donors (Lipinski definition) is 2. The molecule has 0 spiro atoms. The minimum atomic E-state index is -0.742. The molecule has 0 bridgehead atoms. The minimum Gasteiger partial charge on any atom is -0.508 e. The van der Waals surface area contributed by atoms with Gasteiger partial charge in [-0.05, 0) is 84.5 Å². The zero-order chi connectivity index (χ0) is 20.6. The molecule has 0 fully saturated rings. The van der Waals surface area contributed by atoms with Gasteiger partial charge in [0.1, 0.15) is 11.5 Å². The Kier molecular flexibility index (Phi) is 4.71. The number of rotatable bonds is 4. The van der Waals surface area contributed by atoms with Crippen molar-refractivity contribution in [3.8, 4) is 11.5 Å². The third-order valence-corrected chi connectivity index (χ3v) is 5.73. The lowest BCUT2D eigenvalue weighted by molar-refractivity contribution is 0.474. The number of benzene rings is 3. The van der Waals surface area contributed by atoms with Crippen molar-refractivity contribution in [2.24, 2.45) is 10.2 Å². The summed E-state index contributed by atoms with van der Waals surface area (Å²) in [4.78, 5) is 0. The van der Waals surface area contributed by atoms with E-state index in [0.29, 0.717) is 0 Å². The number of azo groups is 1. The van der Waals surface area contributed by atoms with Gasteiger partial charge in [-0.2, -0.15) is 10.2 Å². The molecule has 1 atom stereocenters. The Bertz CT molecular complexity index is 1110. The van der Waals surface area contributed by atoms with Gasteiger partial charge in [0.15, 0.2) is 5.54 Å². The molecular formula is C25H24N2O2. The van der Waals surface area contributed by atoms with E-state index in [1.807, 2.05) is 24.3 Å². The molecule has 4 rings (SSSR count). The van der Waals surface area contributed by atoms with Gasteiger partial charge in [-0.1, -0.05) is 37.3 Å². The van der Waals surface area contributed by atoms with Crippen LogP contribution in [-0.4, -0.2) is 10.2 Å². The van der Waals surface area contributed by atoms with Gasteiger partial charge < -0.3 is 10.2 Å². The van der Waals surface area contributed by atoms with Crippen LogP contribution >= 0.6 is 0 Å². The van der Waals surface area contributed by atoms with E-state index in [9.17, 15) is 10.2 Å². The van der Waals surface area contributed by atoms with Crippen LogP contribution in [0.3, 0.4) is 0 Å². The highest BCUT2D eigenvalue weighted by Crippen LogP contribution is 2.50. The molecule has 1 aliphatic heterocycles. The first-order valence-corrected chi connectivity index (χ1v) is 9.79. The Morgan fingerprint density at radius 2 is 1.34 bits per heavy atom. The summed E-state index contributed by atoms with van der Waals surface area (Å²) in [5, 5.41) is 29.0. The third kappa shape index (κ3) is 3.11. The largest absolute Gasteiger partial charge is 0.508 e. The van der Waals surface area contributed by atoms with Crippen LogP contribution in [-0.2, 0) is 5.54 Å². The fraction of sp³-hybridized carbons (Fsp3) is 0.200. The van der Waals surface area contributed by atoms with E-state index < -0.39 is 5.54 Å². The van der Waals surface area contributed by atoms with E-state index in [1.165, 1.54) is 11.1 Å². The molecule has 146 valence electrons. The highest BCUT2D eigenvalue weighted by molar-refractivity contribution is 5.74. The summed E-state index contributed by atoms with van der Waals surface area (Å²) in [5.74, 6) is 0.445. The van der Waals surface area contributed by atoms with Gasteiger partial charge in [-0.15, -0.1) is 0 Å². The average molecular weight is 384 g/mol. The standard InChI is InChI=1S/C25H24N2O2/c1-4-23-24(18-6-11-21(28)12-7-18)26-27-25(23,19-9-13-22(29)14-10-19)20-8-5-16(2)17(3)15-20/h5-15,28-29H,4H2,1-3H3. The highest BCUT2D eigenvalue weighted by Gasteiger charge is 2.43. The molecule has 0 aromatic heterocycles. The van der Waals surface area contributed by atoms with Gasteiger partial charge in [-0.3, -0.25) is 0 Å². The topological polar surface area (TPSA) is 65.2 Å². The molecule has 1 heterocycles. The summed E-state index contributed by atoms with van der Waals surface area (Å²) in [6.07, 6.45) is 0.761. The van der Waals surface area contributed by atoms with E-state index in [1.54, 1.807) is 24.3 Å². The quantitative estimate of drug-likeness (QED) is 0.559. The minimum absolute atomic E-state index is 0.222. The van der Waals surface area contributed by atoms with Crippen molar-refractivity contribution in [3.63, 3.8) is 0 Å². The first-order chi connectivity index (χ1) is 14.0. The van der Waals surface area contributed by atoms with Gasteiger partial charge in [0.2, 0.25) is 0 Å². The second kappa shape index (κ2) is 7.21. The van der Waals surface area contributed by atoms with Crippen LogP contribution in [0, 0.1) is 13.8 Å². The molecular weight excluding hydrogens is 360 g/mol. The molecule has 0 radical (unpaired) electrons. The molecule has 4 nitrogen and oxygen atoms in total. The number of aromatic hydroxyl groups is 2. The molecule has 0 amide bonds. The molecule has 4 heteroatoms. The Morgan fingerprint density at radius 1 is 0.759 bits per heavy atom. The van der Waals surface area contributed by atoms with Crippen molar-refractivity contribution in [1.82, 2.24) is 0 Å². The lowest BCUT2D eigenvalue weighted by Gasteiger charge is -2.30. The van der Waals surface area contributed by atoms with E-state index in [0.717, 1.165) is 34.4 Å². The lowest BCUT2D eigenvalue weighted by Crippen LogP contribution is -2.26. The lowest BCUT2D eigenvalue weighted by atomic mass is 9.75. The molecule has 3 aromatic carbocycles. The van der Waals surface area contributed by atoms with E-state index in [4.69, 9.17) is 5.11 Å². The molecule has 1 unspecified atom stereocenters. The van der Waals surface area contributed by atoms with Crippen molar-refractivity contribution in [1.29, 1.82) is 0 Å². The highest BCUT2D eigenvalue weighted by atomic mass is 16.3. The second-order valence-corrected chi connectivity index (χ2v) is 7.48. The maximum Gasteiger partial charge on any atom is 0.155 e. The van der Waals surface area contributed by atoms with Crippen LogP contribution < -0.4 is 0 Å². The van der Waals surface area contributed by atoms with Crippen molar-refractivity contribution in [2.75, 3.05) is 0 Å². The van der Waals surface area contributed by atoms with Crippen molar-refractivity contribution in [3.05, 3.63) is 100 Å². The Hall–Kier alpha value is -3.40. The molecule has 1 aliphatic rings. The second-order valence-electron chi connectivity index (χ2n) is 7.48. The van der Waals surface area contributed by atoms with Crippen LogP contribution in [0.1, 0.15) is 41.2 Å². The molecule has 0 saturated heterocycles. The summed E-state index contributed by atoms with van der Waals surface area (Å²) < 4.78 is 0. The predicted molar refractivity (Wildman–Crippen MR) is 115 cm³/mol. The van der Waals surface area contributed by atoms with Gasteiger partial charge >= 0.3 is 0 Å². The van der Waals surface area contributed by atoms with Crippen LogP contribution in [0.4, 0.5) is 0 Å². The first-order valence-electron chi connectivity index (χ1n) is 9.79. The van der Waals surface area contributed by atoms with Crippen LogP contribution in [0.15, 0.2) is 82.5 Å². The van der Waals surface area contributed by atoms with E-state index >= 15 is 0 Å². The van der Waals surface area contributed by atoms with Gasteiger partial charge in [0, 0.05) is 5.56 Å². The Morgan fingerprint density at radius 3 is 1.93 bits per heavy atom. The number of hydrogen-bond acceptors (Lipinski definition) is 4. The van der Waals surface area contributed by atoms with Crippen LogP contribution in [0.5, 0.6) is 11.5 Å². The predicted octanol–water partition coefficient (Wildman–Crippen LogP) is 6.25. The van der Waals surface area contributed by atoms with Crippen molar-refractivity contribution in [2.45, 2.75) is 32.7 Å². The smallest absolute Gasteiger partial charge is 0.155 e. The normalized spacial score (nSPS) is 18.4. The zero-order valence-corrected chi connectivity index (χ0v) is 16.8. The van der Waals surface area contributed by atoms with Crippen LogP contribution in [0.25, 0.3) is 5.70 Å². The summed E-state index contributed by atoms with van der Waals surface area (Å²) in [6.45, 7) is 6.31. The molecule has 2 N–H and O–H groups in total. The molecule has 0 aliphatic carbocycles. The number of aryl methyl sites for hydroxylation is 2.